The van der Waals surface area contributed by atoms with Gasteiger partial charge in [0.25, 0.3) is 16.6 Å². The number of imidazole rings is 1. The first-order chi connectivity index (χ1) is 14.6. The van der Waals surface area contributed by atoms with Gasteiger partial charge in [0.2, 0.25) is 0 Å². The van der Waals surface area contributed by atoms with Crippen LogP contribution in [0.25, 0.3) is 32.9 Å². The molecule has 2 nitrogen and oxygen atoms in total. The van der Waals surface area contributed by atoms with Crippen molar-refractivity contribution in [2.75, 3.05) is 0 Å². The third-order valence-corrected chi connectivity index (χ3v) is 6.59. The maximum absolute atomic E-state index is 6.84. The summed E-state index contributed by atoms with van der Waals surface area (Å²) < 4.78 is 4.02. The van der Waals surface area contributed by atoms with Gasteiger partial charge in [0.1, 0.15) is 11.4 Å². The summed E-state index contributed by atoms with van der Waals surface area (Å²) in [5, 5.41) is 5.67. The lowest BCUT2D eigenvalue weighted by molar-refractivity contribution is -0.591. The lowest BCUT2D eigenvalue weighted by Crippen LogP contribution is -2.31. The van der Waals surface area contributed by atoms with Crippen molar-refractivity contribution in [2.45, 2.75) is 20.3 Å². The lowest BCUT2D eigenvalue weighted by atomic mass is 10.0. The van der Waals surface area contributed by atoms with Crippen LogP contribution in [0.4, 0.5) is 0 Å². The lowest BCUT2D eigenvalue weighted by Gasteiger charge is -2.09. The maximum Gasteiger partial charge on any atom is 0.260 e. The van der Waals surface area contributed by atoms with Crippen LogP contribution in [0.3, 0.4) is 0 Å². The molecular weight excluding hydrogens is 411 g/mol. The number of fused-ring (bicyclic) bond motifs is 2. The Morgan fingerprint density at radius 1 is 0.800 bits per heavy atom. The van der Waals surface area contributed by atoms with Gasteiger partial charge in [-0.2, -0.15) is 9.13 Å². The fourth-order valence-corrected chi connectivity index (χ4v) is 4.72. The molecule has 1 aromatic heterocycles. The van der Waals surface area contributed by atoms with Gasteiger partial charge in [-0.15, -0.1) is 0 Å². The van der Waals surface area contributed by atoms with E-state index in [1.807, 2.05) is 15.5 Å². The van der Waals surface area contributed by atoms with E-state index in [-0.39, 0.29) is 0 Å². The molecule has 4 heteroatoms. The van der Waals surface area contributed by atoms with Crippen molar-refractivity contribution in [1.82, 2.24) is 4.57 Å². The van der Waals surface area contributed by atoms with Gasteiger partial charge >= 0.3 is 0 Å². The zero-order chi connectivity index (χ0) is 20.8. The maximum atomic E-state index is 6.84. The van der Waals surface area contributed by atoms with E-state index in [2.05, 4.69) is 86.6 Å². The molecule has 0 spiro atoms. The summed E-state index contributed by atoms with van der Waals surface area (Å²) in [4.78, 5) is 0. The van der Waals surface area contributed by atoms with Gasteiger partial charge < -0.3 is 0 Å². The SMILES string of the molecule is CCc1ccc2ccccc2c1-n1c[n+](-c2c(C)ccc3ccccc23)c(Cl)c1Cl. The summed E-state index contributed by atoms with van der Waals surface area (Å²) in [6.07, 6.45) is 2.92. The minimum atomic E-state index is 0.506. The number of nitrogens with zero attached hydrogens (tertiary/aromatic N) is 2. The molecule has 5 aromatic rings. The average molecular weight is 432 g/mol. The highest BCUT2D eigenvalue weighted by molar-refractivity contribution is 6.40. The molecule has 0 unspecified atom stereocenters. The molecule has 4 aromatic carbocycles. The van der Waals surface area contributed by atoms with E-state index in [1.54, 1.807) is 0 Å². The van der Waals surface area contributed by atoms with Gasteiger partial charge in [-0.3, -0.25) is 0 Å². The fraction of sp³-hybridized carbons (Fsp3) is 0.115. The van der Waals surface area contributed by atoms with Crippen molar-refractivity contribution in [3.8, 4) is 11.4 Å². The van der Waals surface area contributed by atoms with Crippen LogP contribution in [-0.4, -0.2) is 4.57 Å². The Morgan fingerprint density at radius 2 is 1.43 bits per heavy atom. The summed E-state index contributed by atoms with van der Waals surface area (Å²) in [7, 11) is 0. The van der Waals surface area contributed by atoms with E-state index in [0.717, 1.165) is 34.1 Å². The highest BCUT2D eigenvalue weighted by atomic mass is 35.5. The molecule has 0 radical (unpaired) electrons. The summed E-state index contributed by atoms with van der Waals surface area (Å²) in [6, 6.07) is 25.3. The topological polar surface area (TPSA) is 8.81 Å². The molecule has 5 rings (SSSR count). The first kappa shape index (κ1) is 19.2. The molecular formula is C26H21Cl2N2+. The summed E-state index contributed by atoms with van der Waals surface area (Å²) in [6.45, 7) is 4.27. The predicted molar refractivity (Wildman–Crippen MR) is 126 cm³/mol. The second-order valence-electron chi connectivity index (χ2n) is 7.54. The summed E-state index contributed by atoms with van der Waals surface area (Å²) in [5.41, 5.74) is 4.50. The van der Waals surface area contributed by atoms with Crippen molar-refractivity contribution in [3.05, 3.63) is 101 Å². The molecule has 148 valence electrons. The number of rotatable bonds is 3. The Balaban J connectivity index is 1.84. The standard InChI is InChI=1S/C26H21Cl2N2/c1-3-18-14-15-20-9-5-7-11-22(20)24(18)30-16-29(25(27)26(30)28)23-17(2)12-13-19-8-4-6-10-21(19)23/h4-16H,3H2,1-2H3/q+1. The Labute approximate surface area is 185 Å². The summed E-state index contributed by atoms with van der Waals surface area (Å²) >= 11 is 13.7. The normalized spacial score (nSPS) is 11.5. The zero-order valence-electron chi connectivity index (χ0n) is 16.9. The van der Waals surface area contributed by atoms with E-state index in [9.17, 15) is 0 Å². The van der Waals surface area contributed by atoms with Crippen LogP contribution < -0.4 is 4.57 Å². The largest absolute Gasteiger partial charge is 0.260 e. The third kappa shape index (κ3) is 2.91. The van der Waals surface area contributed by atoms with Gasteiger partial charge in [-0.1, -0.05) is 79.7 Å². The molecule has 0 aliphatic rings. The number of aromatic nitrogens is 2. The molecule has 0 saturated heterocycles. The fourth-order valence-electron chi connectivity index (χ4n) is 4.28. The first-order valence-electron chi connectivity index (χ1n) is 10.1. The quantitative estimate of drug-likeness (QED) is 0.266. The molecule has 1 heterocycles. The minimum absolute atomic E-state index is 0.506. The second-order valence-corrected chi connectivity index (χ2v) is 8.25. The second kappa shape index (κ2) is 7.46. The van der Waals surface area contributed by atoms with E-state index < -0.39 is 0 Å². The van der Waals surface area contributed by atoms with Crippen LogP contribution in [-0.2, 0) is 6.42 Å². The van der Waals surface area contributed by atoms with Crippen LogP contribution in [0.5, 0.6) is 0 Å². The molecule has 0 aliphatic carbocycles. The van der Waals surface area contributed by atoms with E-state index in [0.29, 0.717) is 10.3 Å². The van der Waals surface area contributed by atoms with Gasteiger partial charge in [0.15, 0.2) is 0 Å². The third-order valence-electron chi connectivity index (χ3n) is 5.77. The first-order valence-corrected chi connectivity index (χ1v) is 10.8. The number of benzene rings is 4. The van der Waals surface area contributed by atoms with Crippen LogP contribution in [0.1, 0.15) is 18.1 Å². The number of hydrogen-bond donors (Lipinski definition) is 0. The predicted octanol–water partition coefficient (Wildman–Crippen LogP) is 7.24. The molecule has 30 heavy (non-hydrogen) atoms. The number of aryl methyl sites for hydroxylation is 2. The van der Waals surface area contributed by atoms with Crippen LogP contribution in [0.15, 0.2) is 79.1 Å². The monoisotopic (exact) mass is 431 g/mol. The molecule has 0 amide bonds. The van der Waals surface area contributed by atoms with Crippen molar-refractivity contribution in [1.29, 1.82) is 0 Å². The molecule has 0 saturated carbocycles. The van der Waals surface area contributed by atoms with E-state index in [4.69, 9.17) is 23.2 Å². The van der Waals surface area contributed by atoms with E-state index in [1.165, 1.54) is 16.3 Å². The van der Waals surface area contributed by atoms with Crippen molar-refractivity contribution in [3.63, 3.8) is 0 Å². The Morgan fingerprint density at radius 3 is 2.17 bits per heavy atom. The van der Waals surface area contributed by atoms with Gasteiger partial charge in [-0.05, 0) is 58.4 Å². The highest BCUT2D eigenvalue weighted by Crippen LogP contribution is 2.33. The average Bonchev–Trinajstić information content (AvgIpc) is 3.07. The minimum Gasteiger partial charge on any atom is -0.183 e. The van der Waals surface area contributed by atoms with Gasteiger partial charge in [-0.25, -0.2) is 0 Å². The van der Waals surface area contributed by atoms with Crippen molar-refractivity contribution in [2.24, 2.45) is 0 Å². The molecule has 0 N–H and O–H groups in total. The molecule has 0 fully saturated rings. The van der Waals surface area contributed by atoms with Crippen molar-refractivity contribution >= 4 is 44.7 Å². The smallest absolute Gasteiger partial charge is 0.183 e. The Hall–Kier alpha value is -2.81. The molecule has 0 bridgehead atoms. The highest BCUT2D eigenvalue weighted by Gasteiger charge is 2.27. The van der Waals surface area contributed by atoms with Crippen LogP contribution in [0.2, 0.25) is 10.3 Å². The molecule has 0 aliphatic heterocycles. The van der Waals surface area contributed by atoms with Gasteiger partial charge in [0, 0.05) is 10.8 Å². The number of hydrogen-bond acceptors (Lipinski definition) is 0. The number of halogens is 2. The Kier molecular flexibility index (Phi) is 4.77. The van der Waals surface area contributed by atoms with Crippen LogP contribution in [0, 0.1) is 6.92 Å². The summed E-state index contributed by atoms with van der Waals surface area (Å²) in [5.74, 6) is 0. The van der Waals surface area contributed by atoms with Crippen LogP contribution >= 0.6 is 23.2 Å². The zero-order valence-corrected chi connectivity index (χ0v) is 18.4. The Bertz CT molecular complexity index is 1420. The van der Waals surface area contributed by atoms with Crippen molar-refractivity contribution < 1.29 is 4.57 Å². The van der Waals surface area contributed by atoms with Gasteiger partial charge in [0.05, 0.1) is 0 Å². The molecule has 0 atom stereocenters. The van der Waals surface area contributed by atoms with E-state index >= 15 is 0 Å².